The average Bonchev–Trinajstić information content (AvgIpc) is 3.13. The first-order valence-electron chi connectivity index (χ1n) is 9.90. The molecule has 3 heterocycles. The third kappa shape index (κ3) is 4.07. The van der Waals surface area contributed by atoms with Crippen molar-refractivity contribution < 1.29 is 19.2 Å². The van der Waals surface area contributed by atoms with Gasteiger partial charge >= 0.3 is 0 Å². The summed E-state index contributed by atoms with van der Waals surface area (Å²) in [6.45, 7) is 6.02. The van der Waals surface area contributed by atoms with Crippen LogP contribution in [0.5, 0.6) is 0 Å². The first-order chi connectivity index (χ1) is 15.0. The Bertz CT molecular complexity index is 1140. The van der Waals surface area contributed by atoms with E-state index in [0.717, 1.165) is 11.1 Å². The quantitative estimate of drug-likeness (QED) is 0.602. The lowest BCUT2D eigenvalue weighted by atomic mass is 10.1. The van der Waals surface area contributed by atoms with Gasteiger partial charge in [0.1, 0.15) is 11.8 Å². The summed E-state index contributed by atoms with van der Waals surface area (Å²) in [7, 11) is 1.38. The summed E-state index contributed by atoms with van der Waals surface area (Å²) in [6, 6.07) is 5.27. The summed E-state index contributed by atoms with van der Waals surface area (Å²) in [4.78, 5) is 36.0. The lowest BCUT2D eigenvalue weighted by Gasteiger charge is -2.26. The van der Waals surface area contributed by atoms with Gasteiger partial charge in [0.15, 0.2) is 5.82 Å². The molecule has 4 rings (SSSR count). The summed E-state index contributed by atoms with van der Waals surface area (Å²) in [6.07, 6.45) is 3.15. The number of hydrogen-bond acceptors (Lipinski definition) is 7. The maximum absolute atomic E-state index is 13.0. The Labute approximate surface area is 179 Å². The molecule has 31 heavy (non-hydrogen) atoms. The predicted molar refractivity (Wildman–Crippen MR) is 113 cm³/mol. The van der Waals surface area contributed by atoms with Crippen LogP contribution < -0.4 is 10.8 Å². The van der Waals surface area contributed by atoms with E-state index in [9.17, 15) is 9.59 Å². The highest BCUT2D eigenvalue weighted by molar-refractivity contribution is 5.99. The van der Waals surface area contributed by atoms with Gasteiger partial charge in [0, 0.05) is 30.5 Å². The summed E-state index contributed by atoms with van der Waals surface area (Å²) in [5.74, 6) is 0.142. The van der Waals surface area contributed by atoms with Crippen LogP contribution in [0.4, 0.5) is 11.5 Å². The molecule has 1 aromatic carbocycles. The number of anilines is 2. The van der Waals surface area contributed by atoms with Crippen LogP contribution in [-0.2, 0) is 9.57 Å². The van der Waals surface area contributed by atoms with E-state index in [0.29, 0.717) is 54.5 Å². The van der Waals surface area contributed by atoms with Crippen LogP contribution in [0.1, 0.15) is 31.8 Å². The zero-order chi connectivity index (χ0) is 22.0. The Morgan fingerprint density at radius 2 is 1.97 bits per heavy atom. The molecule has 162 valence electrons. The predicted octanol–water partition coefficient (Wildman–Crippen LogP) is 1.85. The number of hydroxylamine groups is 1. The highest BCUT2D eigenvalue weighted by Crippen LogP contribution is 2.28. The van der Waals surface area contributed by atoms with Gasteiger partial charge in [-0.3, -0.25) is 14.4 Å². The molecule has 0 saturated carbocycles. The summed E-state index contributed by atoms with van der Waals surface area (Å²) in [5, 5.41) is 7.56. The average molecular weight is 424 g/mol. The molecule has 0 bridgehead atoms. The van der Waals surface area contributed by atoms with Crippen molar-refractivity contribution in [1.82, 2.24) is 25.0 Å². The number of fused-ring (bicyclic) bond motifs is 1. The number of carbonyl (C=O) groups excluding carboxylic acids is 2. The van der Waals surface area contributed by atoms with E-state index in [1.54, 1.807) is 27.7 Å². The second-order valence-electron chi connectivity index (χ2n) is 7.26. The van der Waals surface area contributed by atoms with Crippen LogP contribution >= 0.6 is 0 Å². The fourth-order valence-corrected chi connectivity index (χ4v) is 3.58. The number of hydrogen-bond donors (Lipinski definition) is 2. The first-order valence-corrected chi connectivity index (χ1v) is 9.90. The number of aryl methyl sites for hydroxylation is 2. The van der Waals surface area contributed by atoms with E-state index in [1.165, 1.54) is 13.4 Å². The number of ether oxygens (including phenoxy) is 1. The topological polar surface area (TPSA) is 110 Å². The molecule has 2 aromatic heterocycles. The van der Waals surface area contributed by atoms with Crippen LogP contribution in [0.15, 0.2) is 30.7 Å². The van der Waals surface area contributed by atoms with Crippen LogP contribution in [0, 0.1) is 13.8 Å². The van der Waals surface area contributed by atoms with Crippen LogP contribution in [0.25, 0.3) is 5.52 Å². The van der Waals surface area contributed by atoms with Gasteiger partial charge in [-0.05, 0) is 37.1 Å². The second kappa shape index (κ2) is 8.70. The maximum Gasteiger partial charge on any atom is 0.274 e. The lowest BCUT2D eigenvalue weighted by molar-refractivity contribution is 0.0302. The van der Waals surface area contributed by atoms with E-state index >= 15 is 0 Å². The molecule has 1 saturated heterocycles. The number of morpholine rings is 1. The number of rotatable bonds is 5. The minimum Gasteiger partial charge on any atom is -0.378 e. The van der Waals surface area contributed by atoms with Crippen LogP contribution in [0.3, 0.4) is 0 Å². The van der Waals surface area contributed by atoms with Gasteiger partial charge in [-0.2, -0.15) is 5.10 Å². The van der Waals surface area contributed by atoms with Crippen molar-refractivity contribution in [1.29, 1.82) is 0 Å². The molecule has 0 aliphatic carbocycles. The van der Waals surface area contributed by atoms with Crippen molar-refractivity contribution in [2.75, 3.05) is 38.7 Å². The summed E-state index contributed by atoms with van der Waals surface area (Å²) < 4.78 is 6.99. The molecule has 1 aliphatic rings. The molecular formula is C21H24N6O4. The van der Waals surface area contributed by atoms with E-state index in [-0.39, 0.29) is 11.8 Å². The maximum atomic E-state index is 13.0. The minimum absolute atomic E-state index is 0.0494. The molecule has 2 N–H and O–H groups in total. The Morgan fingerprint density at radius 1 is 1.19 bits per heavy atom. The molecular weight excluding hydrogens is 400 g/mol. The third-order valence-electron chi connectivity index (χ3n) is 5.30. The highest BCUT2D eigenvalue weighted by atomic mass is 16.6. The van der Waals surface area contributed by atoms with E-state index in [2.05, 4.69) is 20.9 Å². The number of carbonyl (C=O) groups is 2. The largest absolute Gasteiger partial charge is 0.378 e. The van der Waals surface area contributed by atoms with Gasteiger partial charge < -0.3 is 15.0 Å². The van der Waals surface area contributed by atoms with Gasteiger partial charge in [0.2, 0.25) is 0 Å². The zero-order valence-corrected chi connectivity index (χ0v) is 17.6. The number of nitrogens with one attached hydrogen (secondary N) is 2. The lowest BCUT2D eigenvalue weighted by Crippen LogP contribution is -2.40. The molecule has 10 nitrogen and oxygen atoms in total. The molecule has 0 radical (unpaired) electrons. The Balaban J connectivity index is 1.69. The normalized spacial score (nSPS) is 14.0. The van der Waals surface area contributed by atoms with Crippen molar-refractivity contribution in [2.24, 2.45) is 0 Å². The Hall–Kier alpha value is -3.50. The second-order valence-corrected chi connectivity index (χ2v) is 7.26. The first kappa shape index (κ1) is 20.8. The van der Waals surface area contributed by atoms with Crippen molar-refractivity contribution in [3.8, 4) is 0 Å². The molecule has 0 atom stereocenters. The molecule has 1 aliphatic heterocycles. The van der Waals surface area contributed by atoms with Crippen molar-refractivity contribution in [2.45, 2.75) is 13.8 Å². The van der Waals surface area contributed by atoms with E-state index < -0.39 is 0 Å². The van der Waals surface area contributed by atoms with Gasteiger partial charge in [-0.15, -0.1) is 0 Å². The zero-order valence-electron chi connectivity index (χ0n) is 17.6. The standard InChI is InChI=1S/C21H24N6O4/c1-13-4-5-15(20(28)25-30-3)10-17(13)24-19-18-14(2)16(11-27(18)23-12-22-19)21(29)26-6-8-31-9-7-26/h4-5,10-12H,6-9H2,1-3H3,(H,25,28)(H,22,23,24). The number of aromatic nitrogens is 3. The van der Waals surface area contributed by atoms with Crippen LogP contribution in [-0.4, -0.2) is 64.7 Å². The molecule has 2 amide bonds. The van der Waals surface area contributed by atoms with Crippen molar-refractivity contribution >= 4 is 28.8 Å². The van der Waals surface area contributed by atoms with Crippen LogP contribution in [0.2, 0.25) is 0 Å². The molecule has 10 heteroatoms. The number of benzene rings is 1. The number of amides is 2. The smallest absolute Gasteiger partial charge is 0.274 e. The Kier molecular flexibility index (Phi) is 5.83. The third-order valence-corrected chi connectivity index (χ3v) is 5.30. The number of nitrogens with zero attached hydrogens (tertiary/aromatic N) is 4. The SMILES string of the molecule is CONC(=O)c1ccc(C)c(Nc2ncnn3cc(C(=O)N4CCOCC4)c(C)c23)c1. The van der Waals surface area contributed by atoms with Crippen molar-refractivity contribution in [3.05, 3.63) is 53.0 Å². The van der Waals surface area contributed by atoms with E-state index in [4.69, 9.17) is 9.57 Å². The monoisotopic (exact) mass is 424 g/mol. The molecule has 0 spiro atoms. The molecule has 1 fully saturated rings. The highest BCUT2D eigenvalue weighted by Gasteiger charge is 2.24. The van der Waals surface area contributed by atoms with E-state index in [1.807, 2.05) is 19.9 Å². The fourth-order valence-electron chi connectivity index (χ4n) is 3.58. The van der Waals surface area contributed by atoms with Gasteiger partial charge in [0.25, 0.3) is 11.8 Å². The minimum atomic E-state index is -0.351. The fraction of sp³-hybridized carbons (Fsp3) is 0.333. The van der Waals surface area contributed by atoms with Gasteiger partial charge in [-0.25, -0.2) is 15.0 Å². The van der Waals surface area contributed by atoms with Gasteiger partial charge in [0.05, 0.1) is 25.9 Å². The summed E-state index contributed by atoms with van der Waals surface area (Å²) in [5.41, 5.74) is 6.46. The Morgan fingerprint density at radius 3 is 2.71 bits per heavy atom. The molecule has 3 aromatic rings. The molecule has 0 unspecified atom stereocenters. The van der Waals surface area contributed by atoms with Gasteiger partial charge in [-0.1, -0.05) is 6.07 Å². The summed E-state index contributed by atoms with van der Waals surface area (Å²) >= 11 is 0. The van der Waals surface area contributed by atoms with Crippen molar-refractivity contribution in [3.63, 3.8) is 0 Å².